The molecule has 0 fully saturated rings. The lowest BCUT2D eigenvalue weighted by Gasteiger charge is -2.11. The molecule has 0 aromatic heterocycles. The lowest BCUT2D eigenvalue weighted by Crippen LogP contribution is -2.17. The van der Waals surface area contributed by atoms with Crippen molar-refractivity contribution in [3.8, 4) is 0 Å². The molecule has 78 valence electrons. The molecule has 1 unspecified atom stereocenters. The molecule has 0 aliphatic carbocycles. The van der Waals surface area contributed by atoms with Crippen molar-refractivity contribution in [2.45, 2.75) is 12.8 Å². The Bertz CT molecular complexity index is 211. The minimum Gasteiger partial charge on any atom is -0.359 e. The number of carbonyl (C=O) groups is 1. The third-order valence-electron chi connectivity index (χ3n) is 1.31. The van der Waals surface area contributed by atoms with E-state index in [1.807, 2.05) is 0 Å². The molecule has 0 bridgehead atoms. The lowest BCUT2D eigenvalue weighted by atomic mass is 10.3. The van der Waals surface area contributed by atoms with Crippen LogP contribution in [0.2, 0.25) is 0 Å². The van der Waals surface area contributed by atoms with E-state index in [2.05, 4.69) is 21.6 Å². The van der Waals surface area contributed by atoms with Crippen molar-refractivity contribution < 1.29 is 18.7 Å². The molecule has 13 heavy (non-hydrogen) atoms. The van der Waals surface area contributed by atoms with Gasteiger partial charge in [-0.2, -0.15) is 0 Å². The summed E-state index contributed by atoms with van der Waals surface area (Å²) in [5.74, 6) is -0.0627. The van der Waals surface area contributed by atoms with E-state index >= 15 is 0 Å². The summed E-state index contributed by atoms with van der Waals surface area (Å²) >= 11 is 4.57. The van der Waals surface area contributed by atoms with Crippen LogP contribution in [0.3, 0.4) is 0 Å². The second kappa shape index (κ2) is 6.45. The fourth-order valence-corrected chi connectivity index (χ4v) is 1.28. The average molecular weight is 227 g/mol. The van der Waals surface area contributed by atoms with Crippen LogP contribution in [0.25, 0.3) is 0 Å². The van der Waals surface area contributed by atoms with Crippen molar-refractivity contribution in [3.05, 3.63) is 0 Å². The number of amides is 1. The van der Waals surface area contributed by atoms with E-state index in [0.29, 0.717) is 12.8 Å². The maximum absolute atomic E-state index is 10.7. The number of carbonyl (C=O) groups excluding carboxylic acids is 1. The summed E-state index contributed by atoms with van der Waals surface area (Å²) in [6, 6.07) is 0. The molecular formula is C6H14NO4PS. The molecule has 1 atom stereocenters. The summed E-state index contributed by atoms with van der Waals surface area (Å²) in [4.78, 5) is 19.9. The molecule has 0 spiro atoms. The highest BCUT2D eigenvalue weighted by molar-refractivity contribution is 8.07. The molecule has 0 saturated carbocycles. The first-order valence-corrected chi connectivity index (χ1v) is 6.34. The summed E-state index contributed by atoms with van der Waals surface area (Å²) in [5, 5.41) is 2.47. The van der Waals surface area contributed by atoms with E-state index in [1.165, 1.54) is 7.11 Å². The van der Waals surface area contributed by atoms with Gasteiger partial charge in [-0.05, 0) is 18.2 Å². The summed E-state index contributed by atoms with van der Waals surface area (Å²) in [7, 11) is 2.86. The van der Waals surface area contributed by atoms with Gasteiger partial charge in [-0.15, -0.1) is 0 Å². The highest BCUT2D eigenvalue weighted by atomic mass is 32.5. The van der Waals surface area contributed by atoms with Crippen LogP contribution in [-0.2, 0) is 25.6 Å². The van der Waals surface area contributed by atoms with Crippen LogP contribution in [-0.4, -0.2) is 31.6 Å². The Labute approximate surface area is 82.7 Å². The Morgan fingerprint density at radius 3 is 2.77 bits per heavy atom. The Morgan fingerprint density at radius 2 is 2.31 bits per heavy atom. The van der Waals surface area contributed by atoms with E-state index in [-0.39, 0.29) is 12.5 Å². The van der Waals surface area contributed by atoms with Gasteiger partial charge in [0.2, 0.25) is 5.91 Å². The molecule has 0 heterocycles. The number of nitrogens with one attached hydrogen (secondary N) is 1. The Hall–Kier alpha value is -0.0000000000000000763. The quantitative estimate of drug-likeness (QED) is 0.507. The smallest absolute Gasteiger partial charge is 0.324 e. The van der Waals surface area contributed by atoms with E-state index in [0.717, 1.165) is 0 Å². The highest BCUT2D eigenvalue weighted by Gasteiger charge is 2.11. The van der Waals surface area contributed by atoms with Gasteiger partial charge in [-0.25, -0.2) is 0 Å². The number of rotatable bonds is 6. The van der Waals surface area contributed by atoms with Crippen LogP contribution in [0, 0.1) is 0 Å². The predicted molar refractivity (Wildman–Crippen MR) is 52.8 cm³/mol. The van der Waals surface area contributed by atoms with Crippen LogP contribution in [0.5, 0.6) is 0 Å². The normalized spacial score (nSPS) is 15.0. The molecule has 0 radical (unpaired) electrons. The Morgan fingerprint density at radius 1 is 1.69 bits per heavy atom. The molecule has 1 amide bonds. The monoisotopic (exact) mass is 227 g/mol. The molecule has 0 aromatic carbocycles. The summed E-state index contributed by atoms with van der Waals surface area (Å²) < 4.78 is 9.38. The molecule has 7 heteroatoms. The zero-order valence-corrected chi connectivity index (χ0v) is 9.36. The molecular weight excluding hydrogens is 213 g/mol. The fraction of sp³-hybridized carbons (Fsp3) is 0.833. The molecule has 0 aliphatic rings. The van der Waals surface area contributed by atoms with Gasteiger partial charge in [-0.3, -0.25) is 4.79 Å². The zero-order chi connectivity index (χ0) is 10.3. The van der Waals surface area contributed by atoms with Gasteiger partial charge in [0, 0.05) is 20.6 Å². The number of hydrogen-bond donors (Lipinski definition) is 2. The van der Waals surface area contributed by atoms with Crippen LogP contribution in [0.4, 0.5) is 0 Å². The predicted octanol–water partition coefficient (Wildman–Crippen LogP) is 0.392. The van der Waals surface area contributed by atoms with Crippen molar-refractivity contribution >= 4 is 24.4 Å². The average Bonchev–Trinajstić information content (AvgIpc) is 2.12. The van der Waals surface area contributed by atoms with E-state index in [9.17, 15) is 4.79 Å². The molecule has 2 N–H and O–H groups in total. The van der Waals surface area contributed by atoms with Crippen molar-refractivity contribution in [2.75, 3.05) is 20.8 Å². The van der Waals surface area contributed by atoms with Crippen molar-refractivity contribution in [2.24, 2.45) is 0 Å². The van der Waals surface area contributed by atoms with Gasteiger partial charge in [0.1, 0.15) is 0 Å². The first-order valence-electron chi connectivity index (χ1n) is 3.75. The van der Waals surface area contributed by atoms with E-state index in [4.69, 9.17) is 9.42 Å². The summed E-state index contributed by atoms with van der Waals surface area (Å²) in [6.45, 7) is -2.81. The first-order chi connectivity index (χ1) is 6.02. The van der Waals surface area contributed by atoms with Crippen LogP contribution in [0.1, 0.15) is 12.8 Å². The standard InChI is InChI=1S/C6H14NO4PS/c1-7-6(8)4-3-5-11-12(9,13)10-2/h3-5H2,1-2H3,(H,7,8)(H,9,13). The number of hydrogen-bond acceptors (Lipinski definition) is 4. The zero-order valence-electron chi connectivity index (χ0n) is 7.65. The van der Waals surface area contributed by atoms with Gasteiger partial charge in [0.05, 0.1) is 6.61 Å². The van der Waals surface area contributed by atoms with Crippen molar-refractivity contribution in [1.82, 2.24) is 5.32 Å². The minimum atomic E-state index is -3.04. The van der Waals surface area contributed by atoms with E-state index in [1.54, 1.807) is 7.05 Å². The van der Waals surface area contributed by atoms with Gasteiger partial charge in [0.15, 0.2) is 0 Å². The van der Waals surface area contributed by atoms with Gasteiger partial charge < -0.3 is 19.3 Å². The van der Waals surface area contributed by atoms with Gasteiger partial charge in [-0.1, -0.05) is 0 Å². The highest BCUT2D eigenvalue weighted by Crippen LogP contribution is 2.42. The van der Waals surface area contributed by atoms with Crippen molar-refractivity contribution in [3.63, 3.8) is 0 Å². The summed E-state index contributed by atoms with van der Waals surface area (Å²) in [6.07, 6.45) is 0.873. The van der Waals surface area contributed by atoms with Crippen molar-refractivity contribution in [1.29, 1.82) is 0 Å². The topological polar surface area (TPSA) is 67.8 Å². The van der Waals surface area contributed by atoms with E-state index < -0.39 is 6.72 Å². The largest absolute Gasteiger partial charge is 0.359 e. The Kier molecular flexibility index (Phi) is 6.45. The van der Waals surface area contributed by atoms with Crippen LogP contribution >= 0.6 is 6.72 Å². The van der Waals surface area contributed by atoms with Crippen LogP contribution in [0.15, 0.2) is 0 Å². The third-order valence-corrected chi connectivity index (χ3v) is 3.05. The van der Waals surface area contributed by atoms with Crippen LogP contribution < -0.4 is 5.32 Å². The molecule has 0 rings (SSSR count). The maximum Gasteiger partial charge on any atom is 0.324 e. The second-order valence-corrected chi connectivity index (χ2v) is 5.21. The van der Waals surface area contributed by atoms with Gasteiger partial charge in [0.25, 0.3) is 0 Å². The first kappa shape index (κ1) is 13.0. The maximum atomic E-state index is 10.7. The second-order valence-electron chi connectivity index (χ2n) is 2.26. The molecule has 0 aliphatic heterocycles. The molecule has 0 saturated heterocycles. The SMILES string of the molecule is CNC(=O)CCCOP(O)(=S)OC. The Balaban J connectivity index is 3.46. The fourth-order valence-electron chi connectivity index (χ4n) is 0.590. The van der Waals surface area contributed by atoms with Gasteiger partial charge >= 0.3 is 6.72 Å². The lowest BCUT2D eigenvalue weighted by molar-refractivity contribution is -0.120. The molecule has 5 nitrogen and oxygen atoms in total. The summed E-state index contributed by atoms with van der Waals surface area (Å²) in [5.41, 5.74) is 0. The molecule has 0 aromatic rings. The minimum absolute atomic E-state index is 0.0627. The third kappa shape index (κ3) is 7.10.